The Kier molecular flexibility index (Phi) is 11.6. The summed E-state index contributed by atoms with van der Waals surface area (Å²) in [4.78, 5) is 39.0. The van der Waals surface area contributed by atoms with Crippen molar-refractivity contribution >= 4 is 17.7 Å². The maximum Gasteiger partial charge on any atom is 0.243 e. The molecule has 0 heterocycles. The SMILES string of the molecule is CCOc1ccc(C[C@@H](NC(=O)CC)C(=O)N[C@@H](Cc2ccccc2)C(=O)NCc2ccc(CN)c(F)c2)cc1. The topological polar surface area (TPSA) is 123 Å². The molecule has 3 rings (SSSR count). The van der Waals surface area contributed by atoms with Crippen molar-refractivity contribution in [2.24, 2.45) is 5.73 Å². The molecule has 3 aromatic rings. The second kappa shape index (κ2) is 15.4. The molecule has 40 heavy (non-hydrogen) atoms. The van der Waals surface area contributed by atoms with Crippen molar-refractivity contribution in [3.8, 4) is 5.75 Å². The highest BCUT2D eigenvalue weighted by molar-refractivity contribution is 5.92. The summed E-state index contributed by atoms with van der Waals surface area (Å²) in [7, 11) is 0. The van der Waals surface area contributed by atoms with Crippen LogP contribution in [0.25, 0.3) is 0 Å². The van der Waals surface area contributed by atoms with Gasteiger partial charge in [-0.25, -0.2) is 4.39 Å². The smallest absolute Gasteiger partial charge is 0.243 e. The minimum Gasteiger partial charge on any atom is -0.494 e. The van der Waals surface area contributed by atoms with E-state index >= 15 is 0 Å². The third-order valence-electron chi connectivity index (χ3n) is 6.37. The Bertz CT molecular complexity index is 1270. The number of ether oxygens (including phenoxy) is 1. The normalized spacial score (nSPS) is 12.2. The van der Waals surface area contributed by atoms with E-state index in [-0.39, 0.29) is 38.3 Å². The number of amides is 3. The zero-order chi connectivity index (χ0) is 28.9. The van der Waals surface area contributed by atoms with Crippen LogP contribution in [-0.2, 0) is 40.3 Å². The molecular formula is C31H37FN4O4. The fraction of sp³-hybridized carbons (Fsp3) is 0.323. The molecule has 0 aliphatic rings. The molecule has 212 valence electrons. The van der Waals surface area contributed by atoms with E-state index in [9.17, 15) is 18.8 Å². The zero-order valence-corrected chi connectivity index (χ0v) is 22.9. The van der Waals surface area contributed by atoms with Gasteiger partial charge < -0.3 is 26.4 Å². The summed E-state index contributed by atoms with van der Waals surface area (Å²) in [6.07, 6.45) is 0.674. The van der Waals surface area contributed by atoms with E-state index in [4.69, 9.17) is 10.5 Å². The molecule has 3 aromatic carbocycles. The van der Waals surface area contributed by atoms with Crippen molar-refractivity contribution in [3.63, 3.8) is 0 Å². The van der Waals surface area contributed by atoms with Crippen LogP contribution in [0.4, 0.5) is 4.39 Å². The van der Waals surface area contributed by atoms with Crippen molar-refractivity contribution in [2.75, 3.05) is 6.61 Å². The van der Waals surface area contributed by atoms with E-state index in [2.05, 4.69) is 16.0 Å². The Labute approximate surface area is 234 Å². The van der Waals surface area contributed by atoms with Gasteiger partial charge in [-0.3, -0.25) is 14.4 Å². The quantitative estimate of drug-likeness (QED) is 0.247. The molecule has 0 radical (unpaired) electrons. The maximum absolute atomic E-state index is 14.2. The van der Waals surface area contributed by atoms with Gasteiger partial charge in [-0.1, -0.05) is 61.5 Å². The number of nitrogens with one attached hydrogen (secondary N) is 3. The highest BCUT2D eigenvalue weighted by Crippen LogP contribution is 2.14. The second-order valence-electron chi connectivity index (χ2n) is 9.35. The number of halogens is 1. The van der Waals surface area contributed by atoms with Crippen LogP contribution in [-0.4, -0.2) is 36.4 Å². The molecule has 0 saturated carbocycles. The van der Waals surface area contributed by atoms with Crippen LogP contribution in [0, 0.1) is 5.82 Å². The molecule has 8 nitrogen and oxygen atoms in total. The van der Waals surface area contributed by atoms with Crippen LogP contribution in [0.3, 0.4) is 0 Å². The molecule has 0 fully saturated rings. The van der Waals surface area contributed by atoms with Crippen LogP contribution in [0.15, 0.2) is 72.8 Å². The molecule has 0 aromatic heterocycles. The lowest BCUT2D eigenvalue weighted by Gasteiger charge is -2.23. The van der Waals surface area contributed by atoms with Gasteiger partial charge in [0, 0.05) is 37.9 Å². The molecule has 0 aliphatic heterocycles. The molecule has 3 amide bonds. The van der Waals surface area contributed by atoms with E-state index in [1.165, 1.54) is 6.07 Å². The van der Waals surface area contributed by atoms with Gasteiger partial charge in [-0.2, -0.15) is 0 Å². The van der Waals surface area contributed by atoms with Crippen molar-refractivity contribution in [1.29, 1.82) is 0 Å². The summed E-state index contributed by atoms with van der Waals surface area (Å²) in [5.74, 6) is -0.917. The number of carbonyl (C=O) groups excluding carboxylic acids is 3. The van der Waals surface area contributed by atoms with E-state index in [1.807, 2.05) is 61.5 Å². The van der Waals surface area contributed by atoms with Crippen LogP contribution in [0.5, 0.6) is 5.75 Å². The summed E-state index contributed by atoms with van der Waals surface area (Å²) in [6, 6.07) is 19.4. The molecule has 0 saturated heterocycles. The lowest BCUT2D eigenvalue weighted by molar-refractivity contribution is -0.132. The van der Waals surface area contributed by atoms with Crippen LogP contribution in [0.2, 0.25) is 0 Å². The highest BCUT2D eigenvalue weighted by atomic mass is 19.1. The average Bonchev–Trinajstić information content (AvgIpc) is 2.96. The molecule has 5 N–H and O–H groups in total. The van der Waals surface area contributed by atoms with Gasteiger partial charge in [-0.05, 0) is 41.8 Å². The Morgan fingerprint density at radius 2 is 1.45 bits per heavy atom. The van der Waals surface area contributed by atoms with Gasteiger partial charge >= 0.3 is 0 Å². The predicted octanol–water partition coefficient (Wildman–Crippen LogP) is 3.16. The fourth-order valence-corrected chi connectivity index (χ4v) is 4.14. The molecule has 0 unspecified atom stereocenters. The highest BCUT2D eigenvalue weighted by Gasteiger charge is 2.27. The maximum atomic E-state index is 14.2. The third-order valence-corrected chi connectivity index (χ3v) is 6.37. The van der Waals surface area contributed by atoms with Crippen molar-refractivity contribution < 1.29 is 23.5 Å². The van der Waals surface area contributed by atoms with E-state index in [0.717, 1.165) is 11.1 Å². The molecule has 2 atom stereocenters. The van der Waals surface area contributed by atoms with Crippen molar-refractivity contribution in [1.82, 2.24) is 16.0 Å². The number of nitrogens with two attached hydrogens (primary N) is 1. The van der Waals surface area contributed by atoms with Crippen molar-refractivity contribution in [3.05, 3.63) is 101 Å². The molecule has 0 bridgehead atoms. The van der Waals surface area contributed by atoms with Crippen LogP contribution >= 0.6 is 0 Å². The molecule has 0 aliphatic carbocycles. The molecular weight excluding hydrogens is 511 g/mol. The minimum atomic E-state index is -0.926. The monoisotopic (exact) mass is 548 g/mol. The van der Waals surface area contributed by atoms with Crippen LogP contribution in [0.1, 0.15) is 42.5 Å². The molecule has 0 spiro atoms. The zero-order valence-electron chi connectivity index (χ0n) is 22.9. The number of carbonyl (C=O) groups is 3. The van der Waals surface area contributed by atoms with Gasteiger partial charge in [0.15, 0.2) is 0 Å². The standard InChI is InChI=1S/C31H37FN4O4/c1-3-29(37)35-28(18-22-11-14-25(15-12-22)40-4-2)31(39)36-27(17-21-8-6-5-7-9-21)30(38)34-20-23-10-13-24(19-33)26(32)16-23/h5-16,27-28H,3-4,17-20,33H2,1-2H3,(H,34,38)(H,35,37)(H,36,39)/t27-,28+/m0/s1. The summed E-state index contributed by atoms with van der Waals surface area (Å²) >= 11 is 0. The van der Waals surface area contributed by atoms with Gasteiger partial charge in [0.2, 0.25) is 17.7 Å². The number of hydrogen-bond donors (Lipinski definition) is 4. The summed E-state index contributed by atoms with van der Waals surface area (Å²) in [5, 5.41) is 8.40. The van der Waals surface area contributed by atoms with Gasteiger partial charge in [-0.15, -0.1) is 0 Å². The van der Waals surface area contributed by atoms with E-state index in [0.29, 0.717) is 23.5 Å². The Morgan fingerprint density at radius 1 is 0.825 bits per heavy atom. The first-order valence-corrected chi connectivity index (χ1v) is 13.4. The first kappa shape index (κ1) is 30.3. The first-order chi connectivity index (χ1) is 19.3. The Balaban J connectivity index is 1.76. The van der Waals surface area contributed by atoms with Crippen LogP contribution < -0.4 is 26.4 Å². The Hall–Kier alpha value is -4.24. The molecule has 9 heteroatoms. The van der Waals surface area contributed by atoms with E-state index in [1.54, 1.807) is 19.1 Å². The number of hydrogen-bond acceptors (Lipinski definition) is 5. The van der Waals surface area contributed by atoms with Crippen molar-refractivity contribution in [2.45, 2.75) is 58.3 Å². The first-order valence-electron chi connectivity index (χ1n) is 13.4. The summed E-state index contributed by atoms with van der Waals surface area (Å²) in [6.45, 7) is 4.29. The lowest BCUT2D eigenvalue weighted by Crippen LogP contribution is -2.55. The average molecular weight is 549 g/mol. The van der Waals surface area contributed by atoms with Gasteiger partial charge in [0.25, 0.3) is 0 Å². The van der Waals surface area contributed by atoms with Gasteiger partial charge in [0.05, 0.1) is 6.61 Å². The predicted molar refractivity (Wildman–Crippen MR) is 152 cm³/mol. The minimum absolute atomic E-state index is 0.0734. The number of rotatable bonds is 14. The Morgan fingerprint density at radius 3 is 2.05 bits per heavy atom. The van der Waals surface area contributed by atoms with E-state index < -0.39 is 29.7 Å². The fourth-order valence-electron chi connectivity index (χ4n) is 4.14. The van der Waals surface area contributed by atoms with Gasteiger partial charge in [0.1, 0.15) is 23.7 Å². The second-order valence-corrected chi connectivity index (χ2v) is 9.35. The number of benzene rings is 3. The lowest BCUT2D eigenvalue weighted by atomic mass is 10.0. The third kappa shape index (κ3) is 9.20. The largest absolute Gasteiger partial charge is 0.494 e. The summed E-state index contributed by atoms with van der Waals surface area (Å²) < 4.78 is 19.6. The summed E-state index contributed by atoms with van der Waals surface area (Å²) in [5.41, 5.74) is 8.16.